The van der Waals surface area contributed by atoms with Gasteiger partial charge in [-0.1, -0.05) is 0 Å². The van der Waals surface area contributed by atoms with Crippen molar-refractivity contribution >= 4 is 12.6 Å². The summed E-state index contributed by atoms with van der Waals surface area (Å²) >= 11 is 0. The van der Waals surface area contributed by atoms with E-state index in [0.29, 0.717) is 0 Å². The monoisotopic (exact) mass is 85.1 g/mol. The number of hydrogen-bond acceptors (Lipinski definition) is 2. The maximum atomic E-state index is 6.36. The number of nitrogens with one attached hydrogen (secondary N) is 2. The van der Waals surface area contributed by atoms with Gasteiger partial charge in [0.1, 0.15) is 0 Å². The highest BCUT2D eigenvalue weighted by molar-refractivity contribution is 5.57. The van der Waals surface area contributed by atoms with Gasteiger partial charge in [-0.3, -0.25) is 10.8 Å². The predicted octanol–water partition coefficient (Wildman–Crippen LogP) is 0.189. The molecule has 0 aliphatic rings. The Labute approximate surface area is 36.6 Å². The summed E-state index contributed by atoms with van der Waals surface area (Å²) in [5.41, 5.74) is 2.31. The fourth-order valence-electron chi connectivity index (χ4n) is 0.112. The summed E-state index contributed by atoms with van der Waals surface area (Å²) in [6.45, 7) is 1.77. The molecule has 0 saturated heterocycles. The van der Waals surface area contributed by atoms with E-state index in [1.807, 2.05) is 0 Å². The van der Waals surface area contributed by atoms with Gasteiger partial charge < -0.3 is 0 Å². The second-order valence-corrected chi connectivity index (χ2v) is 0.661. The van der Waals surface area contributed by atoms with Gasteiger partial charge in [0.2, 0.25) is 0 Å². The third-order valence-corrected chi connectivity index (χ3v) is 0.268. The van der Waals surface area contributed by atoms with Gasteiger partial charge in [-0.25, -0.2) is 0 Å². The maximum Gasteiger partial charge on any atom is 0.0998 e. The van der Waals surface area contributed by atoms with E-state index in [4.69, 9.17) is 5.41 Å². The molecule has 0 saturated carbocycles. The molecular weight excluding hydrogens is 78.1 g/mol. The van der Waals surface area contributed by atoms with Crippen LogP contribution in [0.2, 0.25) is 0 Å². The molecule has 2 N–H and O–H groups in total. The van der Waals surface area contributed by atoms with E-state index >= 15 is 0 Å². The van der Waals surface area contributed by atoms with E-state index in [1.165, 1.54) is 0 Å². The number of rotatable bonds is 2. The van der Waals surface area contributed by atoms with Crippen LogP contribution in [0.25, 0.3) is 0 Å². The lowest BCUT2D eigenvalue weighted by Gasteiger charge is -1.77. The van der Waals surface area contributed by atoms with E-state index in [-0.39, 0.29) is 0 Å². The molecule has 0 unspecified atom stereocenters. The molecule has 0 rings (SSSR count). The molecule has 0 atom stereocenters. The highest BCUT2D eigenvalue weighted by Gasteiger charge is 1.52. The maximum absolute atomic E-state index is 6.36. The van der Waals surface area contributed by atoms with Crippen molar-refractivity contribution in [3.63, 3.8) is 0 Å². The van der Waals surface area contributed by atoms with E-state index in [9.17, 15) is 0 Å². The van der Waals surface area contributed by atoms with Crippen molar-refractivity contribution < 1.29 is 0 Å². The fourth-order valence-corrected chi connectivity index (χ4v) is 0.112. The summed E-state index contributed by atoms with van der Waals surface area (Å²) in [7, 11) is 0. The van der Waals surface area contributed by atoms with Gasteiger partial charge in [0.05, 0.1) is 6.34 Å². The van der Waals surface area contributed by atoms with Gasteiger partial charge in [-0.15, -0.1) is 0 Å². The van der Waals surface area contributed by atoms with Crippen LogP contribution in [0.15, 0.2) is 5.10 Å². The van der Waals surface area contributed by atoms with Gasteiger partial charge in [0.25, 0.3) is 0 Å². The van der Waals surface area contributed by atoms with Crippen LogP contribution in [0, 0.1) is 5.41 Å². The Morgan fingerprint density at radius 2 is 2.50 bits per heavy atom. The van der Waals surface area contributed by atoms with Gasteiger partial charge >= 0.3 is 0 Å². The largest absolute Gasteiger partial charge is 0.290 e. The molecule has 0 aliphatic heterocycles. The normalized spacial score (nSPS) is 8.83. The summed E-state index contributed by atoms with van der Waals surface area (Å²) in [5.74, 6) is 0. The number of hydrazone groups is 1. The minimum Gasteiger partial charge on any atom is -0.290 e. The van der Waals surface area contributed by atoms with Crippen LogP contribution >= 0.6 is 0 Å². The Kier molecular flexibility index (Phi) is 3.55. The van der Waals surface area contributed by atoms with Crippen molar-refractivity contribution in [1.29, 1.82) is 5.41 Å². The third kappa shape index (κ3) is 3.14. The molecule has 6 heavy (non-hydrogen) atoms. The lowest BCUT2D eigenvalue weighted by atomic mass is 10.9. The van der Waals surface area contributed by atoms with Crippen molar-refractivity contribution in [3.05, 3.63) is 0 Å². The van der Waals surface area contributed by atoms with Crippen LogP contribution in [-0.4, -0.2) is 12.6 Å². The zero-order chi connectivity index (χ0) is 4.83. The average molecular weight is 85.1 g/mol. The quantitative estimate of drug-likeness (QED) is 0.280. The van der Waals surface area contributed by atoms with Crippen LogP contribution in [0.4, 0.5) is 0 Å². The SMILES string of the molecule is C/C=N/NC=N. The van der Waals surface area contributed by atoms with Gasteiger partial charge in [-0.05, 0) is 6.92 Å². The van der Waals surface area contributed by atoms with E-state index in [2.05, 4.69) is 10.5 Å². The van der Waals surface area contributed by atoms with E-state index < -0.39 is 0 Å². The number of nitrogens with zero attached hydrogens (tertiary/aromatic N) is 1. The van der Waals surface area contributed by atoms with E-state index in [0.717, 1.165) is 6.34 Å². The van der Waals surface area contributed by atoms with Crippen molar-refractivity contribution in [2.45, 2.75) is 6.92 Å². The van der Waals surface area contributed by atoms with Crippen molar-refractivity contribution in [1.82, 2.24) is 5.43 Å². The standard InChI is InChI=1S/C3H7N3/c1-2-5-6-3-4/h2-3H,1H3,(H2,4,6)/b5-2+. The molecule has 34 valence electrons. The second-order valence-electron chi connectivity index (χ2n) is 0.661. The van der Waals surface area contributed by atoms with Gasteiger partial charge in [0.15, 0.2) is 0 Å². The smallest absolute Gasteiger partial charge is 0.0998 e. The minimum absolute atomic E-state index is 1.01. The molecule has 0 fully saturated rings. The Morgan fingerprint density at radius 1 is 1.83 bits per heavy atom. The van der Waals surface area contributed by atoms with Crippen LogP contribution in [0.1, 0.15) is 6.92 Å². The molecule has 0 aromatic carbocycles. The van der Waals surface area contributed by atoms with Crippen molar-refractivity contribution in [3.8, 4) is 0 Å². The first kappa shape index (κ1) is 5.14. The van der Waals surface area contributed by atoms with Crippen molar-refractivity contribution in [2.24, 2.45) is 5.10 Å². The molecular formula is C3H7N3. The van der Waals surface area contributed by atoms with E-state index in [1.54, 1.807) is 13.1 Å². The van der Waals surface area contributed by atoms with Gasteiger partial charge in [-0.2, -0.15) is 5.10 Å². The molecule has 0 aromatic rings. The predicted molar refractivity (Wildman–Crippen MR) is 26.1 cm³/mol. The summed E-state index contributed by atoms with van der Waals surface area (Å²) < 4.78 is 0. The molecule has 0 radical (unpaired) electrons. The molecule has 0 spiro atoms. The zero-order valence-electron chi connectivity index (χ0n) is 3.60. The molecule has 3 nitrogen and oxygen atoms in total. The zero-order valence-corrected chi connectivity index (χ0v) is 3.60. The second kappa shape index (κ2) is 4.14. The lowest BCUT2D eigenvalue weighted by molar-refractivity contribution is 1.05. The summed E-state index contributed by atoms with van der Waals surface area (Å²) in [5, 5.41) is 9.83. The molecule has 3 heteroatoms. The molecule has 0 heterocycles. The molecule has 0 aromatic heterocycles. The lowest BCUT2D eigenvalue weighted by Crippen LogP contribution is -1.97. The topological polar surface area (TPSA) is 48.2 Å². The van der Waals surface area contributed by atoms with Crippen LogP contribution in [-0.2, 0) is 0 Å². The minimum atomic E-state index is 1.01. The Morgan fingerprint density at radius 3 is 2.67 bits per heavy atom. The Balaban J connectivity index is 2.85. The third-order valence-electron chi connectivity index (χ3n) is 0.268. The molecule has 0 aliphatic carbocycles. The summed E-state index contributed by atoms with van der Waals surface area (Å²) in [4.78, 5) is 0. The molecule has 0 bridgehead atoms. The van der Waals surface area contributed by atoms with Crippen molar-refractivity contribution in [2.75, 3.05) is 0 Å². The molecule has 0 amide bonds. The fraction of sp³-hybridized carbons (Fsp3) is 0.333. The first-order valence-electron chi connectivity index (χ1n) is 1.64. The van der Waals surface area contributed by atoms with Gasteiger partial charge in [0, 0.05) is 6.21 Å². The summed E-state index contributed by atoms with van der Waals surface area (Å²) in [6, 6.07) is 0. The Hall–Kier alpha value is -0.860. The summed E-state index contributed by atoms with van der Waals surface area (Å²) in [6.07, 6.45) is 2.59. The van der Waals surface area contributed by atoms with Crippen LogP contribution in [0.5, 0.6) is 0 Å². The first-order chi connectivity index (χ1) is 2.91. The number of hydrogen-bond donors (Lipinski definition) is 2. The van der Waals surface area contributed by atoms with Crippen LogP contribution in [0.3, 0.4) is 0 Å². The highest BCUT2D eigenvalue weighted by Crippen LogP contribution is 1.44. The van der Waals surface area contributed by atoms with Crippen LogP contribution < -0.4 is 5.43 Å². The Bertz CT molecular complexity index is 57.1. The first-order valence-corrected chi connectivity index (χ1v) is 1.64. The average Bonchev–Trinajstić information content (AvgIpc) is 1.61. The highest BCUT2D eigenvalue weighted by atomic mass is 15.3.